The summed E-state index contributed by atoms with van der Waals surface area (Å²) < 4.78 is 0. The van der Waals surface area contributed by atoms with Gasteiger partial charge in [-0.15, -0.1) is 0 Å². The Morgan fingerprint density at radius 2 is 2.27 bits per heavy atom. The maximum Gasteiger partial charge on any atom is 0.234 e. The number of carbonyl (C=O) groups excluding carboxylic acids is 1. The number of amides is 1. The minimum Gasteiger partial charge on any atom is -0.345 e. The van der Waals surface area contributed by atoms with Gasteiger partial charge in [0.2, 0.25) is 5.91 Å². The topological polar surface area (TPSA) is 73.9 Å². The highest BCUT2D eigenvalue weighted by molar-refractivity contribution is 5.78. The van der Waals surface area contributed by atoms with E-state index < -0.39 is 0 Å². The molecule has 1 atom stereocenters. The Morgan fingerprint density at radius 3 is 2.86 bits per heavy atom. The van der Waals surface area contributed by atoms with Crippen LogP contribution in [0.5, 0.6) is 0 Å². The molecule has 2 N–H and O–H groups in total. The highest BCUT2D eigenvalue weighted by Gasteiger charge is 2.16. The van der Waals surface area contributed by atoms with Crippen LogP contribution < -0.4 is 5.32 Å². The van der Waals surface area contributed by atoms with E-state index in [9.17, 15) is 4.79 Å². The van der Waals surface area contributed by atoms with Crippen molar-refractivity contribution in [3.8, 4) is 0 Å². The number of nitrogens with zero attached hydrogens (tertiary/aromatic N) is 3. The summed E-state index contributed by atoms with van der Waals surface area (Å²) in [5, 5.41) is 3.02. The molecule has 0 aliphatic heterocycles. The molecule has 2 aromatic heterocycles. The highest BCUT2D eigenvalue weighted by Crippen LogP contribution is 2.12. The number of nitrogens with one attached hydrogen (secondary N) is 2. The number of carbonyl (C=O) groups is 1. The van der Waals surface area contributed by atoms with Gasteiger partial charge in [-0.25, -0.2) is 4.98 Å². The van der Waals surface area contributed by atoms with Crippen LogP contribution in [0.1, 0.15) is 36.5 Å². The highest BCUT2D eigenvalue weighted by atomic mass is 16.2. The van der Waals surface area contributed by atoms with E-state index in [1.807, 2.05) is 44.1 Å². The van der Waals surface area contributed by atoms with Crippen molar-refractivity contribution in [2.75, 3.05) is 13.6 Å². The van der Waals surface area contributed by atoms with Crippen molar-refractivity contribution in [3.05, 3.63) is 47.8 Å². The first-order valence-electron chi connectivity index (χ1n) is 7.46. The Bertz CT molecular complexity index is 596. The lowest BCUT2D eigenvalue weighted by Crippen LogP contribution is -2.37. The molecule has 1 amide bonds. The summed E-state index contributed by atoms with van der Waals surface area (Å²) in [7, 11) is 1.92. The molecule has 118 valence electrons. The van der Waals surface area contributed by atoms with E-state index in [2.05, 4.69) is 20.3 Å². The molecule has 2 rings (SSSR count). The van der Waals surface area contributed by atoms with Gasteiger partial charge in [0.05, 0.1) is 12.6 Å². The van der Waals surface area contributed by atoms with Crippen LogP contribution in [0, 0.1) is 6.92 Å². The number of hydrogen-bond acceptors (Lipinski definition) is 4. The van der Waals surface area contributed by atoms with Gasteiger partial charge in [0.15, 0.2) is 0 Å². The van der Waals surface area contributed by atoms with Crippen molar-refractivity contribution >= 4 is 5.91 Å². The number of likely N-dealkylation sites (N-methyl/N-ethyl adjacent to an activating group) is 1. The summed E-state index contributed by atoms with van der Waals surface area (Å²) in [5.74, 6) is 0.801. The number of imidazole rings is 1. The molecular formula is C16H23N5O. The van der Waals surface area contributed by atoms with E-state index in [1.165, 1.54) is 0 Å². The number of pyridine rings is 1. The second-order valence-corrected chi connectivity index (χ2v) is 5.51. The van der Waals surface area contributed by atoms with Gasteiger partial charge in [0.25, 0.3) is 0 Å². The molecule has 0 spiro atoms. The Hall–Kier alpha value is -2.21. The van der Waals surface area contributed by atoms with Gasteiger partial charge in [-0.1, -0.05) is 13.0 Å². The van der Waals surface area contributed by atoms with Crippen LogP contribution in [-0.2, 0) is 11.3 Å². The molecule has 6 heteroatoms. The lowest BCUT2D eigenvalue weighted by molar-refractivity contribution is -0.122. The van der Waals surface area contributed by atoms with Gasteiger partial charge in [-0.3, -0.25) is 14.7 Å². The maximum absolute atomic E-state index is 12.2. The lowest BCUT2D eigenvalue weighted by atomic mass is 10.2. The fourth-order valence-electron chi connectivity index (χ4n) is 2.32. The summed E-state index contributed by atoms with van der Waals surface area (Å²) in [5.41, 5.74) is 2.09. The molecule has 0 fully saturated rings. The molecule has 0 radical (unpaired) electrons. The number of aromatic amines is 1. The minimum absolute atomic E-state index is 0.00714. The van der Waals surface area contributed by atoms with E-state index in [0.29, 0.717) is 13.1 Å². The van der Waals surface area contributed by atoms with E-state index >= 15 is 0 Å². The van der Waals surface area contributed by atoms with Gasteiger partial charge in [0.1, 0.15) is 5.82 Å². The average Bonchev–Trinajstić information content (AvgIpc) is 2.92. The SMILES string of the molecule is CC[C@H](NC(=O)CN(C)Cc1cccnc1)c1ncc(C)[nH]1. The van der Waals surface area contributed by atoms with Crippen LogP contribution in [0.2, 0.25) is 0 Å². The van der Waals surface area contributed by atoms with Gasteiger partial charge >= 0.3 is 0 Å². The second-order valence-electron chi connectivity index (χ2n) is 5.51. The summed E-state index contributed by atoms with van der Waals surface area (Å²) in [6.45, 7) is 5.01. The fraction of sp³-hybridized carbons (Fsp3) is 0.438. The zero-order valence-corrected chi connectivity index (χ0v) is 13.3. The van der Waals surface area contributed by atoms with Crippen molar-refractivity contribution in [1.82, 2.24) is 25.2 Å². The van der Waals surface area contributed by atoms with Crippen LogP contribution in [0.4, 0.5) is 0 Å². The quantitative estimate of drug-likeness (QED) is 0.818. The number of aromatic nitrogens is 3. The predicted molar refractivity (Wildman–Crippen MR) is 85.1 cm³/mol. The second kappa shape index (κ2) is 7.70. The van der Waals surface area contributed by atoms with Gasteiger partial charge in [0, 0.05) is 30.8 Å². The number of hydrogen-bond donors (Lipinski definition) is 2. The maximum atomic E-state index is 12.2. The molecule has 0 saturated carbocycles. The molecular weight excluding hydrogens is 278 g/mol. The average molecular weight is 301 g/mol. The van der Waals surface area contributed by atoms with Crippen LogP contribution >= 0.6 is 0 Å². The summed E-state index contributed by atoms with van der Waals surface area (Å²) in [4.78, 5) is 25.7. The van der Waals surface area contributed by atoms with Gasteiger partial charge in [-0.05, 0) is 32.0 Å². The van der Waals surface area contributed by atoms with Crippen molar-refractivity contribution in [2.45, 2.75) is 32.9 Å². The summed E-state index contributed by atoms with van der Waals surface area (Å²) >= 11 is 0. The molecule has 22 heavy (non-hydrogen) atoms. The predicted octanol–water partition coefficient (Wildman–Crippen LogP) is 1.81. The first-order valence-corrected chi connectivity index (χ1v) is 7.46. The molecule has 0 saturated heterocycles. The van der Waals surface area contributed by atoms with Gasteiger partial charge in [-0.2, -0.15) is 0 Å². The van der Waals surface area contributed by atoms with Crippen LogP contribution in [0.15, 0.2) is 30.7 Å². The molecule has 0 unspecified atom stereocenters. The molecule has 0 aliphatic rings. The van der Waals surface area contributed by atoms with Crippen molar-refractivity contribution in [3.63, 3.8) is 0 Å². The third-order valence-electron chi connectivity index (χ3n) is 3.38. The minimum atomic E-state index is -0.0759. The van der Waals surface area contributed by atoms with Crippen molar-refractivity contribution < 1.29 is 4.79 Å². The molecule has 0 aromatic carbocycles. The first-order chi connectivity index (χ1) is 10.6. The van der Waals surface area contributed by atoms with E-state index in [0.717, 1.165) is 23.5 Å². The number of rotatable bonds is 7. The Labute approximate surface area is 131 Å². The van der Waals surface area contributed by atoms with Crippen LogP contribution in [-0.4, -0.2) is 39.4 Å². The zero-order valence-electron chi connectivity index (χ0n) is 13.3. The molecule has 2 aromatic rings. The van der Waals surface area contributed by atoms with Crippen molar-refractivity contribution in [2.24, 2.45) is 0 Å². The lowest BCUT2D eigenvalue weighted by Gasteiger charge is -2.19. The monoisotopic (exact) mass is 301 g/mol. The fourth-order valence-corrected chi connectivity index (χ4v) is 2.32. The van der Waals surface area contributed by atoms with Crippen LogP contribution in [0.25, 0.3) is 0 Å². The standard InChI is InChI=1S/C16H23N5O/c1-4-14(16-18-8-12(2)19-16)20-15(22)11-21(3)10-13-6-5-7-17-9-13/h5-9,14H,4,10-11H2,1-3H3,(H,18,19)(H,20,22)/t14-/m0/s1. The number of H-pyrrole nitrogens is 1. The Kier molecular flexibility index (Phi) is 5.66. The largest absolute Gasteiger partial charge is 0.345 e. The number of aryl methyl sites for hydroxylation is 1. The normalized spacial score (nSPS) is 12.4. The molecule has 0 aliphatic carbocycles. The zero-order chi connectivity index (χ0) is 15.9. The van der Waals surface area contributed by atoms with E-state index in [-0.39, 0.29) is 11.9 Å². The smallest absolute Gasteiger partial charge is 0.234 e. The van der Waals surface area contributed by atoms with Crippen LogP contribution in [0.3, 0.4) is 0 Å². The summed E-state index contributed by atoms with van der Waals surface area (Å²) in [6.07, 6.45) is 6.13. The Morgan fingerprint density at radius 1 is 1.45 bits per heavy atom. The van der Waals surface area contributed by atoms with Crippen molar-refractivity contribution in [1.29, 1.82) is 0 Å². The van der Waals surface area contributed by atoms with Gasteiger partial charge < -0.3 is 10.3 Å². The van der Waals surface area contributed by atoms with E-state index in [1.54, 1.807) is 12.4 Å². The molecule has 6 nitrogen and oxygen atoms in total. The Balaban J connectivity index is 1.86. The van der Waals surface area contributed by atoms with E-state index in [4.69, 9.17) is 0 Å². The molecule has 2 heterocycles. The third-order valence-corrected chi connectivity index (χ3v) is 3.38. The first kappa shape index (κ1) is 16.2. The third kappa shape index (κ3) is 4.66. The molecule has 0 bridgehead atoms. The summed E-state index contributed by atoms with van der Waals surface area (Å²) in [6, 6.07) is 3.82.